The van der Waals surface area contributed by atoms with Crippen LogP contribution in [0.4, 0.5) is 0 Å². The summed E-state index contributed by atoms with van der Waals surface area (Å²) in [7, 11) is 1.72. The molecule has 0 unspecified atom stereocenters. The summed E-state index contributed by atoms with van der Waals surface area (Å²) in [4.78, 5) is 27.9. The number of aryl methyl sites for hydroxylation is 1. The molecule has 0 spiro atoms. The van der Waals surface area contributed by atoms with Crippen LogP contribution < -0.4 is 5.32 Å². The molecule has 1 aromatic carbocycles. The first-order valence-corrected chi connectivity index (χ1v) is 12.1. The van der Waals surface area contributed by atoms with Gasteiger partial charge >= 0.3 is 0 Å². The zero-order valence-electron chi connectivity index (χ0n) is 19.9. The Morgan fingerprint density at radius 2 is 1.97 bits per heavy atom. The summed E-state index contributed by atoms with van der Waals surface area (Å²) < 4.78 is 0. The molecule has 6 nitrogen and oxygen atoms in total. The number of aliphatic imine (C=N–C) groups is 1. The molecule has 1 amide bonds. The number of allylic oxidation sites excluding steroid dienone is 2. The van der Waals surface area contributed by atoms with Gasteiger partial charge in [0, 0.05) is 18.6 Å². The van der Waals surface area contributed by atoms with Gasteiger partial charge in [-0.25, -0.2) is 9.97 Å². The molecule has 7 heteroatoms. The lowest BCUT2D eigenvalue weighted by atomic mass is 10.0. The van der Waals surface area contributed by atoms with Crippen molar-refractivity contribution in [2.24, 2.45) is 4.99 Å². The number of hydrogen-bond donors (Lipinski definition) is 1. The molecule has 1 N–H and O–H groups in total. The number of fused-ring (bicyclic) bond motifs is 1. The van der Waals surface area contributed by atoms with E-state index in [1.807, 2.05) is 73.8 Å². The van der Waals surface area contributed by atoms with Crippen LogP contribution in [0.3, 0.4) is 0 Å². The SMILES string of the molecule is CN=C(C)/C(NC(=O)c1cc(-c2cccs2)nc2ccccc12)=C(/C)CCc1ccc(C#N)nc1. The molecular formula is C28H25N5OS. The molecule has 3 aromatic heterocycles. The van der Waals surface area contributed by atoms with Crippen LogP contribution in [0.2, 0.25) is 0 Å². The van der Waals surface area contributed by atoms with Crippen molar-refractivity contribution in [3.63, 3.8) is 0 Å². The number of nitrogens with zero attached hydrogens (tertiary/aromatic N) is 4. The van der Waals surface area contributed by atoms with Gasteiger partial charge < -0.3 is 5.32 Å². The van der Waals surface area contributed by atoms with Crippen molar-refractivity contribution in [3.8, 4) is 16.6 Å². The van der Waals surface area contributed by atoms with Crippen molar-refractivity contribution in [1.29, 1.82) is 5.26 Å². The van der Waals surface area contributed by atoms with Gasteiger partial charge in [0.05, 0.1) is 33.1 Å². The van der Waals surface area contributed by atoms with Crippen molar-refractivity contribution in [1.82, 2.24) is 15.3 Å². The average Bonchev–Trinajstić information content (AvgIpc) is 3.44. The van der Waals surface area contributed by atoms with Gasteiger partial charge in [-0.15, -0.1) is 11.3 Å². The molecule has 4 rings (SSSR count). The molecule has 0 saturated heterocycles. The maximum Gasteiger partial charge on any atom is 0.256 e. The van der Waals surface area contributed by atoms with E-state index in [1.165, 1.54) is 0 Å². The van der Waals surface area contributed by atoms with E-state index in [0.29, 0.717) is 17.7 Å². The van der Waals surface area contributed by atoms with Crippen molar-refractivity contribution >= 4 is 33.9 Å². The van der Waals surface area contributed by atoms with Crippen molar-refractivity contribution in [3.05, 3.63) is 94.3 Å². The number of amides is 1. The standard InChI is InChI=1S/C28H25N5OS/c1-18(10-11-20-12-13-21(16-29)31-17-20)27(19(2)30-3)33-28(34)23-15-25(26-9-6-14-35-26)32-24-8-5-4-7-22(23)24/h4-9,12-15,17H,10-11H2,1-3H3,(H,33,34)/b27-18+,30-19?. The highest BCUT2D eigenvalue weighted by Crippen LogP contribution is 2.28. The van der Waals surface area contributed by atoms with Gasteiger partial charge in [-0.1, -0.05) is 30.3 Å². The summed E-state index contributed by atoms with van der Waals surface area (Å²) >= 11 is 1.59. The van der Waals surface area contributed by atoms with E-state index >= 15 is 0 Å². The van der Waals surface area contributed by atoms with E-state index < -0.39 is 0 Å². The fraction of sp³-hybridized carbons (Fsp3) is 0.179. The minimum absolute atomic E-state index is 0.196. The Labute approximate surface area is 208 Å². The van der Waals surface area contributed by atoms with Gasteiger partial charge in [-0.3, -0.25) is 9.79 Å². The average molecular weight is 480 g/mol. The Hall–Kier alpha value is -4.15. The third-order valence-corrected chi connectivity index (χ3v) is 6.72. The summed E-state index contributed by atoms with van der Waals surface area (Å²) in [5.74, 6) is -0.196. The molecule has 0 atom stereocenters. The van der Waals surface area contributed by atoms with E-state index in [0.717, 1.165) is 50.4 Å². The predicted molar refractivity (Wildman–Crippen MR) is 142 cm³/mol. The van der Waals surface area contributed by atoms with Crippen LogP contribution in [0.5, 0.6) is 0 Å². The minimum atomic E-state index is -0.196. The Kier molecular flexibility index (Phi) is 7.44. The number of pyridine rings is 2. The molecular weight excluding hydrogens is 454 g/mol. The molecule has 3 heterocycles. The molecule has 35 heavy (non-hydrogen) atoms. The Balaban J connectivity index is 1.65. The molecule has 0 aliphatic rings. The van der Waals surface area contributed by atoms with E-state index in [4.69, 9.17) is 10.2 Å². The molecule has 0 radical (unpaired) electrons. The number of hydrogen-bond acceptors (Lipinski definition) is 6. The van der Waals surface area contributed by atoms with Crippen LogP contribution in [0, 0.1) is 11.3 Å². The lowest BCUT2D eigenvalue weighted by Gasteiger charge is -2.15. The number of nitrogens with one attached hydrogen (secondary N) is 1. The number of rotatable bonds is 7. The largest absolute Gasteiger partial charge is 0.320 e. The molecule has 0 fully saturated rings. The first-order valence-electron chi connectivity index (χ1n) is 11.2. The Morgan fingerprint density at radius 3 is 2.66 bits per heavy atom. The van der Waals surface area contributed by atoms with Crippen molar-refractivity contribution in [2.75, 3.05) is 7.05 Å². The second kappa shape index (κ2) is 10.9. The highest BCUT2D eigenvalue weighted by molar-refractivity contribution is 7.13. The fourth-order valence-corrected chi connectivity index (χ4v) is 4.49. The number of para-hydroxylation sites is 1. The van der Waals surface area contributed by atoms with Gasteiger partial charge in [0.2, 0.25) is 0 Å². The minimum Gasteiger partial charge on any atom is -0.320 e. The number of benzene rings is 1. The zero-order chi connectivity index (χ0) is 24.8. The molecule has 4 aromatic rings. The first kappa shape index (κ1) is 24.0. The van der Waals surface area contributed by atoms with Gasteiger partial charge in [0.15, 0.2) is 0 Å². The predicted octanol–water partition coefficient (Wildman–Crippen LogP) is 5.96. The van der Waals surface area contributed by atoms with Gasteiger partial charge in [0.25, 0.3) is 5.91 Å². The van der Waals surface area contributed by atoms with Crippen LogP contribution >= 0.6 is 11.3 Å². The van der Waals surface area contributed by atoms with E-state index in [1.54, 1.807) is 30.6 Å². The molecule has 0 bridgehead atoms. The molecule has 0 saturated carbocycles. The summed E-state index contributed by atoms with van der Waals surface area (Å²) in [5, 5.41) is 14.9. The summed E-state index contributed by atoms with van der Waals surface area (Å²) in [5.41, 5.74) is 6.05. The smallest absolute Gasteiger partial charge is 0.256 e. The van der Waals surface area contributed by atoms with Crippen LogP contribution in [-0.2, 0) is 6.42 Å². The third kappa shape index (κ3) is 5.51. The fourth-order valence-electron chi connectivity index (χ4n) is 3.81. The van der Waals surface area contributed by atoms with Gasteiger partial charge in [-0.2, -0.15) is 5.26 Å². The molecule has 0 aliphatic heterocycles. The van der Waals surface area contributed by atoms with E-state index in [2.05, 4.69) is 15.3 Å². The van der Waals surface area contributed by atoms with Gasteiger partial charge in [0.1, 0.15) is 11.8 Å². The number of aromatic nitrogens is 2. The highest BCUT2D eigenvalue weighted by Gasteiger charge is 2.17. The maximum atomic E-state index is 13.6. The van der Waals surface area contributed by atoms with E-state index in [-0.39, 0.29) is 5.91 Å². The number of carbonyl (C=O) groups is 1. The molecule has 0 aliphatic carbocycles. The first-order chi connectivity index (χ1) is 17.0. The third-order valence-electron chi connectivity index (χ3n) is 5.82. The lowest BCUT2D eigenvalue weighted by molar-refractivity contribution is 0.0969. The van der Waals surface area contributed by atoms with Gasteiger partial charge in [-0.05, 0) is 67.5 Å². The monoisotopic (exact) mass is 479 g/mol. The zero-order valence-corrected chi connectivity index (χ0v) is 20.7. The number of thiophene rings is 1. The quantitative estimate of drug-likeness (QED) is 0.331. The highest BCUT2D eigenvalue weighted by atomic mass is 32.1. The summed E-state index contributed by atoms with van der Waals surface area (Å²) in [6.07, 6.45) is 3.18. The lowest BCUT2D eigenvalue weighted by Crippen LogP contribution is -2.28. The van der Waals surface area contributed by atoms with Crippen LogP contribution in [0.25, 0.3) is 21.5 Å². The summed E-state index contributed by atoms with van der Waals surface area (Å²) in [6, 6.07) is 19.2. The topological polar surface area (TPSA) is 91.0 Å². The normalized spacial score (nSPS) is 12.2. The second-order valence-electron chi connectivity index (χ2n) is 8.13. The number of carbonyl (C=O) groups excluding carboxylic acids is 1. The second-order valence-corrected chi connectivity index (χ2v) is 9.08. The Morgan fingerprint density at radius 1 is 1.14 bits per heavy atom. The maximum absolute atomic E-state index is 13.6. The van der Waals surface area contributed by atoms with E-state index in [9.17, 15) is 4.79 Å². The Bertz CT molecular complexity index is 1460. The number of nitriles is 1. The molecule has 174 valence electrons. The van der Waals surface area contributed by atoms with Crippen LogP contribution in [0.15, 0.2) is 82.4 Å². The van der Waals surface area contributed by atoms with Crippen molar-refractivity contribution < 1.29 is 4.79 Å². The van der Waals surface area contributed by atoms with Crippen LogP contribution in [-0.4, -0.2) is 28.6 Å². The summed E-state index contributed by atoms with van der Waals surface area (Å²) in [6.45, 7) is 3.90. The van der Waals surface area contributed by atoms with Crippen LogP contribution in [0.1, 0.15) is 41.9 Å². The van der Waals surface area contributed by atoms with Crippen molar-refractivity contribution in [2.45, 2.75) is 26.7 Å².